The van der Waals surface area contributed by atoms with Gasteiger partial charge in [0.15, 0.2) is 0 Å². The number of rotatable bonds is 5. The van der Waals surface area contributed by atoms with E-state index in [2.05, 4.69) is 10.2 Å². The largest absolute Gasteiger partial charge is 0.411 e. The molecule has 2 aromatic carbocycles. The fraction of sp³-hybridized carbons (Fsp3) is 0.250. The number of carbonyl (C=O) groups is 1. The van der Waals surface area contributed by atoms with Crippen LogP contribution in [0.3, 0.4) is 0 Å². The molecule has 0 radical (unpaired) electrons. The molecule has 8 heteroatoms. The maximum Gasteiger partial charge on any atom is 0.277 e. The van der Waals surface area contributed by atoms with E-state index >= 15 is 0 Å². The molecule has 1 amide bonds. The number of halogens is 1. The Labute approximate surface area is 171 Å². The molecule has 2 heterocycles. The summed E-state index contributed by atoms with van der Waals surface area (Å²) >= 11 is 7.30. The first-order valence-electron chi connectivity index (χ1n) is 8.88. The lowest BCUT2D eigenvalue weighted by atomic mass is 10.1. The lowest BCUT2D eigenvalue weighted by Gasteiger charge is -2.29. The minimum Gasteiger partial charge on any atom is -0.411 e. The second-order valence-electron chi connectivity index (χ2n) is 6.23. The van der Waals surface area contributed by atoms with Crippen molar-refractivity contribution in [2.24, 2.45) is 0 Å². The molecule has 1 aliphatic rings. The number of morpholine rings is 1. The van der Waals surface area contributed by atoms with Crippen LogP contribution in [0.15, 0.2) is 64.2 Å². The van der Waals surface area contributed by atoms with Crippen LogP contribution in [-0.2, 0) is 9.53 Å². The van der Waals surface area contributed by atoms with Gasteiger partial charge >= 0.3 is 0 Å². The predicted octanol–water partition coefficient (Wildman–Crippen LogP) is 4.08. The maximum absolute atomic E-state index is 13.2. The second-order valence-corrected chi connectivity index (χ2v) is 7.72. The third kappa shape index (κ3) is 4.38. The van der Waals surface area contributed by atoms with Crippen molar-refractivity contribution in [3.8, 4) is 11.5 Å². The summed E-state index contributed by atoms with van der Waals surface area (Å²) in [6, 6.07) is 16.8. The quantitative estimate of drug-likeness (QED) is 0.585. The van der Waals surface area contributed by atoms with E-state index in [4.69, 9.17) is 20.8 Å². The molecule has 4 rings (SSSR count). The molecular weight excluding hydrogens is 398 g/mol. The monoisotopic (exact) mass is 415 g/mol. The number of aromatic nitrogens is 2. The van der Waals surface area contributed by atoms with Gasteiger partial charge in [-0.05, 0) is 35.5 Å². The van der Waals surface area contributed by atoms with Crippen molar-refractivity contribution in [3.05, 3.63) is 65.2 Å². The highest BCUT2D eigenvalue weighted by Gasteiger charge is 2.30. The Morgan fingerprint density at radius 3 is 2.61 bits per heavy atom. The number of ether oxygens (including phenoxy) is 1. The van der Waals surface area contributed by atoms with Gasteiger partial charge < -0.3 is 14.1 Å². The summed E-state index contributed by atoms with van der Waals surface area (Å²) in [5.74, 6) is 0.387. The molecule has 6 nitrogen and oxygen atoms in total. The first kappa shape index (κ1) is 19.0. The van der Waals surface area contributed by atoms with Crippen LogP contribution >= 0.6 is 23.4 Å². The molecule has 0 unspecified atom stereocenters. The normalized spacial score (nSPS) is 15.4. The van der Waals surface area contributed by atoms with Crippen molar-refractivity contribution < 1.29 is 13.9 Å². The molecule has 28 heavy (non-hydrogen) atoms. The fourth-order valence-corrected chi connectivity index (χ4v) is 4.08. The van der Waals surface area contributed by atoms with Gasteiger partial charge in [0.05, 0.1) is 13.2 Å². The first-order chi connectivity index (χ1) is 13.7. The van der Waals surface area contributed by atoms with Crippen molar-refractivity contribution in [2.45, 2.75) is 10.5 Å². The van der Waals surface area contributed by atoms with Crippen LogP contribution in [0, 0.1) is 0 Å². The molecule has 0 spiro atoms. The molecule has 1 aromatic heterocycles. The number of hydrogen-bond donors (Lipinski definition) is 0. The minimum absolute atomic E-state index is 0.0157. The Morgan fingerprint density at radius 1 is 1.07 bits per heavy atom. The molecule has 1 saturated heterocycles. The summed E-state index contributed by atoms with van der Waals surface area (Å²) in [4.78, 5) is 15.0. The van der Waals surface area contributed by atoms with Gasteiger partial charge in [-0.2, -0.15) is 0 Å². The Hall–Kier alpha value is -2.35. The van der Waals surface area contributed by atoms with Crippen molar-refractivity contribution in [1.82, 2.24) is 15.1 Å². The van der Waals surface area contributed by atoms with Gasteiger partial charge in [0, 0.05) is 23.7 Å². The van der Waals surface area contributed by atoms with Crippen LogP contribution in [-0.4, -0.2) is 47.3 Å². The highest BCUT2D eigenvalue weighted by molar-refractivity contribution is 8.00. The number of nitrogens with zero attached hydrogens (tertiary/aromatic N) is 3. The first-order valence-corrected chi connectivity index (χ1v) is 10.1. The topological polar surface area (TPSA) is 68.5 Å². The number of benzene rings is 2. The van der Waals surface area contributed by atoms with E-state index in [1.165, 1.54) is 11.8 Å². The Bertz CT molecular complexity index is 945. The van der Waals surface area contributed by atoms with E-state index in [1.54, 1.807) is 12.1 Å². The van der Waals surface area contributed by atoms with E-state index in [0.29, 0.717) is 42.4 Å². The smallest absolute Gasteiger partial charge is 0.277 e. The van der Waals surface area contributed by atoms with Gasteiger partial charge in [-0.3, -0.25) is 4.79 Å². The fourth-order valence-electron chi connectivity index (χ4n) is 2.93. The molecule has 0 saturated carbocycles. The zero-order valence-electron chi connectivity index (χ0n) is 15.0. The average molecular weight is 416 g/mol. The maximum atomic E-state index is 13.2. The summed E-state index contributed by atoms with van der Waals surface area (Å²) < 4.78 is 11.2. The number of amides is 1. The molecule has 0 bridgehead atoms. The summed E-state index contributed by atoms with van der Waals surface area (Å²) in [7, 11) is 0. The zero-order valence-corrected chi connectivity index (χ0v) is 16.5. The standard InChI is InChI=1S/C20H18ClN3O3S/c21-16-8-4-7-15(13-16)18-22-23-20(27-18)28-17(14-5-2-1-3-6-14)19(25)24-9-11-26-12-10-24/h1-8,13,17H,9-12H2/t17-/m1/s1. The summed E-state index contributed by atoms with van der Waals surface area (Å²) in [6.07, 6.45) is 0. The molecule has 0 aliphatic carbocycles. The molecule has 1 fully saturated rings. The molecular formula is C20H18ClN3O3S. The van der Waals surface area contributed by atoms with E-state index in [1.807, 2.05) is 47.4 Å². The van der Waals surface area contributed by atoms with Crippen molar-refractivity contribution in [2.75, 3.05) is 26.3 Å². The summed E-state index contributed by atoms with van der Waals surface area (Å²) in [5.41, 5.74) is 1.63. The third-order valence-corrected chi connectivity index (χ3v) is 5.66. The van der Waals surface area contributed by atoms with Crippen LogP contribution in [0.4, 0.5) is 0 Å². The molecule has 3 aromatic rings. The molecule has 144 valence electrons. The van der Waals surface area contributed by atoms with E-state index < -0.39 is 5.25 Å². The molecule has 1 atom stereocenters. The number of hydrogen-bond acceptors (Lipinski definition) is 6. The Balaban J connectivity index is 1.58. The van der Waals surface area contributed by atoms with Crippen molar-refractivity contribution in [3.63, 3.8) is 0 Å². The van der Waals surface area contributed by atoms with Crippen LogP contribution in [0.25, 0.3) is 11.5 Å². The average Bonchev–Trinajstić information content (AvgIpc) is 3.22. The lowest BCUT2D eigenvalue weighted by molar-refractivity contribution is -0.134. The lowest BCUT2D eigenvalue weighted by Crippen LogP contribution is -2.42. The number of thioether (sulfide) groups is 1. The summed E-state index contributed by atoms with van der Waals surface area (Å²) in [5, 5.41) is 8.69. The van der Waals surface area contributed by atoms with E-state index in [0.717, 1.165) is 11.1 Å². The van der Waals surface area contributed by atoms with Gasteiger partial charge in [-0.1, -0.05) is 48.0 Å². The van der Waals surface area contributed by atoms with Gasteiger partial charge in [-0.25, -0.2) is 0 Å². The highest BCUT2D eigenvalue weighted by atomic mass is 35.5. The molecule has 0 N–H and O–H groups in total. The van der Waals surface area contributed by atoms with Gasteiger partial charge in [0.1, 0.15) is 5.25 Å². The summed E-state index contributed by atoms with van der Waals surface area (Å²) in [6.45, 7) is 2.27. The van der Waals surface area contributed by atoms with Crippen LogP contribution < -0.4 is 0 Å². The highest BCUT2D eigenvalue weighted by Crippen LogP contribution is 2.37. The van der Waals surface area contributed by atoms with Gasteiger partial charge in [0.2, 0.25) is 11.8 Å². The van der Waals surface area contributed by atoms with Gasteiger partial charge in [-0.15, -0.1) is 10.2 Å². The Kier molecular flexibility index (Phi) is 5.95. The predicted molar refractivity (Wildman–Crippen MR) is 107 cm³/mol. The van der Waals surface area contributed by atoms with Crippen LogP contribution in [0.2, 0.25) is 5.02 Å². The third-order valence-electron chi connectivity index (χ3n) is 4.35. The zero-order chi connectivity index (χ0) is 19.3. The van der Waals surface area contributed by atoms with Crippen molar-refractivity contribution in [1.29, 1.82) is 0 Å². The SMILES string of the molecule is O=C([C@H](Sc1nnc(-c2cccc(Cl)c2)o1)c1ccccc1)N1CCOCC1. The number of carbonyl (C=O) groups excluding carboxylic acids is 1. The van der Waals surface area contributed by atoms with Gasteiger partial charge in [0.25, 0.3) is 5.22 Å². The van der Waals surface area contributed by atoms with E-state index in [-0.39, 0.29) is 5.91 Å². The van der Waals surface area contributed by atoms with Crippen molar-refractivity contribution >= 4 is 29.3 Å². The Morgan fingerprint density at radius 2 is 1.86 bits per heavy atom. The van der Waals surface area contributed by atoms with E-state index in [9.17, 15) is 4.79 Å². The van der Waals surface area contributed by atoms with Crippen LogP contribution in [0.5, 0.6) is 0 Å². The second kappa shape index (κ2) is 8.77. The van der Waals surface area contributed by atoms with Crippen LogP contribution in [0.1, 0.15) is 10.8 Å². The minimum atomic E-state index is -0.466. The molecule has 1 aliphatic heterocycles.